The van der Waals surface area contributed by atoms with Gasteiger partial charge in [0.15, 0.2) is 0 Å². The Morgan fingerprint density at radius 1 is 1.21 bits per heavy atom. The van der Waals surface area contributed by atoms with Crippen LogP contribution in [0.2, 0.25) is 0 Å². The fraction of sp³-hybridized carbons (Fsp3) is 0.400. The number of rotatable bonds is 10. The molecule has 0 fully saturated rings. The maximum Gasteiger partial charge on any atom is 0.472 e. The van der Waals surface area contributed by atoms with Gasteiger partial charge in [0.2, 0.25) is 5.91 Å². The van der Waals surface area contributed by atoms with Crippen molar-refractivity contribution in [2.45, 2.75) is 51.4 Å². The number of carbonyl (C=O) groups is 3. The smallest absolute Gasteiger partial charge is 0.472 e. The maximum absolute atomic E-state index is 13.1. The lowest BCUT2D eigenvalue weighted by Gasteiger charge is -2.21. The van der Waals surface area contributed by atoms with Gasteiger partial charge in [-0.05, 0) is 37.0 Å². The summed E-state index contributed by atoms with van der Waals surface area (Å²) in [6, 6.07) is 6.36. The van der Waals surface area contributed by atoms with Crippen molar-refractivity contribution < 1.29 is 32.3 Å². The van der Waals surface area contributed by atoms with Gasteiger partial charge in [-0.2, -0.15) is 18.4 Å². The fourth-order valence-corrected chi connectivity index (χ4v) is 3.84. The summed E-state index contributed by atoms with van der Waals surface area (Å²) >= 11 is 0. The molecule has 0 aliphatic carbocycles. The number of hydrogen-bond donors (Lipinski definition) is 3. The summed E-state index contributed by atoms with van der Waals surface area (Å²) in [5, 5.41) is 15.4. The van der Waals surface area contributed by atoms with Crippen LogP contribution in [0, 0.1) is 17.2 Å². The van der Waals surface area contributed by atoms with E-state index >= 15 is 0 Å². The van der Waals surface area contributed by atoms with Crippen molar-refractivity contribution in [3.8, 4) is 11.8 Å². The first-order valence-electron chi connectivity index (χ1n) is 11.7. The number of methoxy groups -OCH3 is 1. The Morgan fingerprint density at radius 3 is 2.58 bits per heavy atom. The molecule has 3 N–H and O–H groups in total. The predicted molar refractivity (Wildman–Crippen MR) is 130 cm³/mol. The Labute approximate surface area is 216 Å². The number of fused-ring (bicyclic) bond motifs is 1. The Morgan fingerprint density at radius 2 is 1.95 bits per heavy atom. The number of aromatic nitrogens is 3. The van der Waals surface area contributed by atoms with Crippen LogP contribution in [0.1, 0.15) is 47.7 Å². The number of amides is 2. The quantitative estimate of drug-likeness (QED) is 0.366. The minimum atomic E-state index is -5.14. The SMILES string of the molecule is COc1cccc2[nH]c(C(=O)N[C@@H](CCC(C)C)C(=O)N[C@H](C#N)Cc3cncn3C(=O)C(F)(F)F)cc12. The summed E-state index contributed by atoms with van der Waals surface area (Å²) in [7, 11) is 1.51. The molecule has 10 nitrogen and oxygen atoms in total. The van der Waals surface area contributed by atoms with Crippen molar-refractivity contribution in [3.05, 3.63) is 48.2 Å². The molecule has 0 saturated carbocycles. The first-order valence-corrected chi connectivity index (χ1v) is 11.7. The lowest BCUT2D eigenvalue weighted by molar-refractivity contribution is -0.123. The number of nitrogens with one attached hydrogen (secondary N) is 3. The van der Waals surface area contributed by atoms with Crippen LogP contribution in [0.25, 0.3) is 10.9 Å². The topological polar surface area (TPSA) is 142 Å². The van der Waals surface area contributed by atoms with Crippen LogP contribution < -0.4 is 15.4 Å². The highest BCUT2D eigenvalue weighted by Crippen LogP contribution is 2.26. The van der Waals surface area contributed by atoms with E-state index in [0.29, 0.717) is 34.0 Å². The largest absolute Gasteiger partial charge is 0.496 e. The number of imidazole rings is 1. The van der Waals surface area contributed by atoms with Crippen LogP contribution in [-0.4, -0.2) is 57.6 Å². The van der Waals surface area contributed by atoms with Gasteiger partial charge < -0.3 is 20.4 Å². The molecular formula is C25H27F3N6O4. The second-order valence-corrected chi connectivity index (χ2v) is 9.05. The van der Waals surface area contributed by atoms with Gasteiger partial charge in [-0.25, -0.2) is 4.98 Å². The van der Waals surface area contributed by atoms with Crippen LogP contribution in [-0.2, 0) is 11.2 Å². The van der Waals surface area contributed by atoms with Crippen molar-refractivity contribution in [1.29, 1.82) is 5.26 Å². The van der Waals surface area contributed by atoms with E-state index in [2.05, 4.69) is 20.6 Å². The zero-order chi connectivity index (χ0) is 28.0. The highest BCUT2D eigenvalue weighted by atomic mass is 19.4. The normalized spacial score (nSPS) is 13.1. The van der Waals surface area contributed by atoms with Gasteiger partial charge in [0.05, 0.1) is 13.2 Å². The Kier molecular flexibility index (Phi) is 8.77. The minimum absolute atomic E-state index is 0.193. The molecule has 13 heteroatoms. The average molecular weight is 533 g/mol. The van der Waals surface area contributed by atoms with Gasteiger partial charge in [-0.15, -0.1) is 0 Å². The van der Waals surface area contributed by atoms with E-state index in [4.69, 9.17) is 4.74 Å². The van der Waals surface area contributed by atoms with E-state index in [1.807, 2.05) is 19.9 Å². The number of ether oxygens (including phenoxy) is 1. The second kappa shape index (κ2) is 11.8. The van der Waals surface area contributed by atoms with Gasteiger partial charge >= 0.3 is 12.1 Å². The first kappa shape index (κ1) is 28.2. The summed E-state index contributed by atoms with van der Waals surface area (Å²) in [6.45, 7) is 3.88. The Hall–Kier alpha value is -4.34. The first-order chi connectivity index (χ1) is 17.9. The molecule has 0 aliphatic heterocycles. The molecule has 1 aromatic carbocycles. The molecule has 0 radical (unpaired) electrons. The highest BCUT2D eigenvalue weighted by molar-refractivity contribution is 6.01. The van der Waals surface area contributed by atoms with E-state index in [0.717, 1.165) is 6.20 Å². The Balaban J connectivity index is 1.76. The molecule has 0 spiro atoms. The highest BCUT2D eigenvalue weighted by Gasteiger charge is 2.41. The van der Waals surface area contributed by atoms with Crippen LogP contribution in [0.5, 0.6) is 5.75 Å². The standard InChI is InChI=1S/C25H27F3N6O4/c1-14(2)7-8-19(33-23(36)20-10-17-18(32-20)5-4-6-21(17)38-3)22(35)31-15(11-29)9-16-12-30-13-34(16)24(37)25(26,27)28/h4-6,10,12-15,19,32H,7-9H2,1-3H3,(H,31,35)(H,33,36)/t15-,19-/m0/s1. The molecule has 0 saturated heterocycles. The van der Waals surface area contributed by atoms with Gasteiger partial charge in [0, 0.05) is 29.2 Å². The minimum Gasteiger partial charge on any atom is -0.496 e. The third-order valence-electron chi connectivity index (χ3n) is 5.81. The molecule has 0 bridgehead atoms. The summed E-state index contributed by atoms with van der Waals surface area (Å²) in [5.41, 5.74) is 0.652. The number of carbonyl (C=O) groups excluding carboxylic acids is 3. The van der Waals surface area contributed by atoms with Crippen molar-refractivity contribution in [2.75, 3.05) is 7.11 Å². The molecule has 2 amide bonds. The molecular weight excluding hydrogens is 505 g/mol. The molecule has 0 aliphatic rings. The van der Waals surface area contributed by atoms with Gasteiger partial charge in [-0.1, -0.05) is 19.9 Å². The zero-order valence-electron chi connectivity index (χ0n) is 20.9. The van der Waals surface area contributed by atoms with Crippen LogP contribution in [0.15, 0.2) is 36.8 Å². The monoisotopic (exact) mass is 532 g/mol. The van der Waals surface area contributed by atoms with Gasteiger partial charge in [0.1, 0.15) is 29.9 Å². The lowest BCUT2D eigenvalue weighted by Crippen LogP contribution is -2.50. The molecule has 0 unspecified atom stereocenters. The number of nitriles is 1. The van der Waals surface area contributed by atoms with Crippen LogP contribution >= 0.6 is 0 Å². The van der Waals surface area contributed by atoms with Crippen molar-refractivity contribution in [1.82, 2.24) is 25.2 Å². The lowest BCUT2D eigenvalue weighted by atomic mass is 10.0. The van der Waals surface area contributed by atoms with Gasteiger partial charge in [-0.3, -0.25) is 19.0 Å². The average Bonchev–Trinajstić information content (AvgIpc) is 3.51. The molecule has 2 heterocycles. The second-order valence-electron chi connectivity index (χ2n) is 9.05. The summed E-state index contributed by atoms with van der Waals surface area (Å²) in [5.74, 6) is -2.65. The Bertz CT molecular complexity index is 1360. The zero-order valence-corrected chi connectivity index (χ0v) is 20.9. The number of aromatic amines is 1. The van der Waals surface area contributed by atoms with E-state index in [-0.39, 0.29) is 23.7 Å². The number of alkyl halides is 3. The number of benzene rings is 1. The van der Waals surface area contributed by atoms with Gasteiger partial charge in [0.25, 0.3) is 5.91 Å². The molecule has 38 heavy (non-hydrogen) atoms. The van der Waals surface area contributed by atoms with E-state index in [9.17, 15) is 32.8 Å². The van der Waals surface area contributed by atoms with Crippen LogP contribution in [0.4, 0.5) is 13.2 Å². The van der Waals surface area contributed by atoms with Crippen molar-refractivity contribution in [2.24, 2.45) is 5.92 Å². The summed E-state index contributed by atoms with van der Waals surface area (Å²) < 4.78 is 44.2. The number of hydrogen-bond acceptors (Lipinski definition) is 6. The fourth-order valence-electron chi connectivity index (χ4n) is 3.84. The summed E-state index contributed by atoms with van der Waals surface area (Å²) in [6.07, 6.45) is -3.01. The van der Waals surface area contributed by atoms with Crippen LogP contribution in [0.3, 0.4) is 0 Å². The third-order valence-corrected chi connectivity index (χ3v) is 5.81. The molecule has 2 atom stereocenters. The van der Waals surface area contributed by atoms with Crippen molar-refractivity contribution >= 4 is 28.6 Å². The molecule has 3 rings (SSSR count). The number of H-pyrrole nitrogens is 1. The molecule has 202 valence electrons. The third kappa shape index (κ3) is 6.70. The molecule has 2 aromatic heterocycles. The van der Waals surface area contributed by atoms with E-state index in [1.165, 1.54) is 7.11 Å². The predicted octanol–water partition coefficient (Wildman–Crippen LogP) is 3.36. The summed E-state index contributed by atoms with van der Waals surface area (Å²) in [4.78, 5) is 44.3. The maximum atomic E-state index is 13.1. The number of nitrogens with zero attached hydrogens (tertiary/aromatic N) is 3. The van der Waals surface area contributed by atoms with Crippen molar-refractivity contribution in [3.63, 3.8) is 0 Å². The molecule has 3 aromatic rings. The van der Waals surface area contributed by atoms with E-state index in [1.54, 1.807) is 24.3 Å². The number of halogens is 3. The van der Waals surface area contributed by atoms with E-state index < -0.39 is 42.4 Å².